The number of aryl methyl sites for hydroxylation is 1. The highest BCUT2D eigenvalue weighted by Crippen LogP contribution is 2.08. The topological polar surface area (TPSA) is 74.8 Å². The number of carbonyl (C=O) groups excluding carboxylic acids is 1. The van der Waals surface area contributed by atoms with E-state index in [1.165, 1.54) is 6.07 Å². The number of benzene rings is 1. The molecular formula is C20H34FIN4O2. The van der Waals surface area contributed by atoms with Crippen molar-refractivity contribution < 1.29 is 13.9 Å². The van der Waals surface area contributed by atoms with E-state index < -0.39 is 0 Å². The Labute approximate surface area is 185 Å². The summed E-state index contributed by atoms with van der Waals surface area (Å²) in [5.74, 6) is 0.579. The fraction of sp³-hybridized carbons (Fsp3) is 0.600. The van der Waals surface area contributed by atoms with Crippen LogP contribution in [-0.4, -0.2) is 51.3 Å². The van der Waals surface area contributed by atoms with Crippen molar-refractivity contribution in [2.75, 3.05) is 39.4 Å². The highest BCUT2D eigenvalue weighted by molar-refractivity contribution is 14.0. The number of amides is 1. The van der Waals surface area contributed by atoms with E-state index in [0.29, 0.717) is 49.2 Å². The summed E-state index contributed by atoms with van der Waals surface area (Å²) in [7, 11) is 0. The number of ether oxygens (including phenoxy) is 1. The van der Waals surface area contributed by atoms with Gasteiger partial charge in [-0.05, 0) is 43.9 Å². The van der Waals surface area contributed by atoms with Crippen LogP contribution in [0.1, 0.15) is 43.1 Å². The van der Waals surface area contributed by atoms with Gasteiger partial charge in [-0.15, -0.1) is 24.0 Å². The quantitative estimate of drug-likeness (QED) is 0.186. The highest BCUT2D eigenvalue weighted by atomic mass is 127. The predicted octanol–water partition coefficient (Wildman–Crippen LogP) is 3.10. The monoisotopic (exact) mass is 508 g/mol. The summed E-state index contributed by atoms with van der Waals surface area (Å²) < 4.78 is 19.1. The van der Waals surface area contributed by atoms with Crippen LogP contribution in [0.25, 0.3) is 0 Å². The van der Waals surface area contributed by atoms with E-state index >= 15 is 0 Å². The van der Waals surface area contributed by atoms with Crippen LogP contribution in [0, 0.1) is 18.7 Å². The van der Waals surface area contributed by atoms with Gasteiger partial charge in [-0.2, -0.15) is 0 Å². The average molecular weight is 508 g/mol. The molecule has 8 heteroatoms. The molecule has 0 heterocycles. The van der Waals surface area contributed by atoms with Gasteiger partial charge in [0.2, 0.25) is 0 Å². The Kier molecular flexibility index (Phi) is 14.7. The molecular weight excluding hydrogens is 474 g/mol. The molecule has 0 fully saturated rings. The molecule has 1 aromatic rings. The van der Waals surface area contributed by atoms with Crippen molar-refractivity contribution in [2.24, 2.45) is 10.9 Å². The van der Waals surface area contributed by atoms with Crippen LogP contribution in [0.2, 0.25) is 0 Å². The second-order valence-corrected chi connectivity index (χ2v) is 6.73. The van der Waals surface area contributed by atoms with E-state index in [0.717, 1.165) is 19.6 Å². The normalized spacial score (nSPS) is 11.1. The number of rotatable bonds is 11. The third kappa shape index (κ3) is 11.4. The van der Waals surface area contributed by atoms with Crippen molar-refractivity contribution in [1.82, 2.24) is 16.0 Å². The van der Waals surface area contributed by atoms with Crippen molar-refractivity contribution in [3.8, 4) is 0 Å². The zero-order chi connectivity index (χ0) is 20.1. The summed E-state index contributed by atoms with van der Waals surface area (Å²) in [6.45, 7) is 11.7. The maximum atomic E-state index is 13.5. The summed E-state index contributed by atoms with van der Waals surface area (Å²) in [5, 5.41) is 9.09. The summed E-state index contributed by atoms with van der Waals surface area (Å²) in [4.78, 5) is 16.5. The molecule has 6 nitrogen and oxygen atoms in total. The SMILES string of the molecule is CCNC(=NCCCOCC(C)C)NCCNC(=O)c1ccc(C)c(F)c1.I. The fourth-order valence-electron chi connectivity index (χ4n) is 2.21. The third-order valence-electron chi connectivity index (χ3n) is 3.65. The summed E-state index contributed by atoms with van der Waals surface area (Å²) in [5.41, 5.74) is 0.842. The van der Waals surface area contributed by atoms with E-state index in [1.54, 1.807) is 19.1 Å². The molecule has 0 aliphatic carbocycles. The van der Waals surface area contributed by atoms with Gasteiger partial charge in [0, 0.05) is 45.0 Å². The first kappa shape index (κ1) is 26.6. The van der Waals surface area contributed by atoms with Crippen LogP contribution in [-0.2, 0) is 4.74 Å². The number of hydrogen-bond acceptors (Lipinski definition) is 3. The van der Waals surface area contributed by atoms with Crippen LogP contribution in [0.5, 0.6) is 0 Å². The lowest BCUT2D eigenvalue weighted by Gasteiger charge is -2.12. The Morgan fingerprint density at radius 1 is 1.21 bits per heavy atom. The minimum absolute atomic E-state index is 0. The average Bonchev–Trinajstić information content (AvgIpc) is 2.63. The molecule has 0 aliphatic heterocycles. The Hall–Kier alpha value is -1.42. The zero-order valence-electron chi connectivity index (χ0n) is 17.3. The Morgan fingerprint density at radius 2 is 1.93 bits per heavy atom. The van der Waals surface area contributed by atoms with Crippen molar-refractivity contribution in [1.29, 1.82) is 0 Å². The number of nitrogens with zero attached hydrogens (tertiary/aromatic N) is 1. The number of halogens is 2. The number of carbonyl (C=O) groups is 1. The van der Waals surface area contributed by atoms with Crippen LogP contribution >= 0.6 is 24.0 Å². The van der Waals surface area contributed by atoms with E-state index in [4.69, 9.17) is 4.74 Å². The standard InChI is InChI=1S/C20H33FN4O2.HI/c1-5-22-20(24-9-6-12-27-14-15(2)3)25-11-10-23-19(26)17-8-7-16(4)18(21)13-17;/h7-8,13,15H,5-6,9-12,14H2,1-4H3,(H,23,26)(H2,22,24,25);1H. The van der Waals surface area contributed by atoms with Gasteiger partial charge >= 0.3 is 0 Å². The lowest BCUT2D eigenvalue weighted by Crippen LogP contribution is -2.41. The number of guanidine groups is 1. The predicted molar refractivity (Wildman–Crippen MR) is 123 cm³/mol. The smallest absolute Gasteiger partial charge is 0.251 e. The molecule has 0 aliphatic rings. The summed E-state index contributed by atoms with van der Waals surface area (Å²) in [6.07, 6.45) is 0.860. The lowest BCUT2D eigenvalue weighted by molar-refractivity contribution is 0.0954. The van der Waals surface area contributed by atoms with Gasteiger partial charge in [-0.25, -0.2) is 4.39 Å². The van der Waals surface area contributed by atoms with Gasteiger partial charge in [0.25, 0.3) is 5.91 Å². The molecule has 0 atom stereocenters. The van der Waals surface area contributed by atoms with Gasteiger partial charge < -0.3 is 20.7 Å². The van der Waals surface area contributed by atoms with Crippen molar-refractivity contribution in [2.45, 2.75) is 34.1 Å². The molecule has 0 aromatic heterocycles. The first-order chi connectivity index (χ1) is 12.9. The van der Waals surface area contributed by atoms with Crippen molar-refractivity contribution in [3.05, 3.63) is 35.1 Å². The molecule has 28 heavy (non-hydrogen) atoms. The molecule has 0 unspecified atom stereocenters. The van der Waals surface area contributed by atoms with E-state index in [2.05, 4.69) is 34.8 Å². The molecule has 0 spiro atoms. The van der Waals surface area contributed by atoms with Gasteiger partial charge in [0.05, 0.1) is 0 Å². The van der Waals surface area contributed by atoms with Gasteiger partial charge in [-0.3, -0.25) is 9.79 Å². The van der Waals surface area contributed by atoms with E-state index in [-0.39, 0.29) is 35.7 Å². The number of aliphatic imine (C=N–C) groups is 1. The number of nitrogens with one attached hydrogen (secondary N) is 3. The minimum atomic E-state index is -0.375. The largest absolute Gasteiger partial charge is 0.381 e. The second-order valence-electron chi connectivity index (χ2n) is 6.73. The molecule has 0 saturated heterocycles. The van der Waals surface area contributed by atoms with Gasteiger partial charge in [-0.1, -0.05) is 19.9 Å². The Bertz CT molecular complexity index is 612. The third-order valence-corrected chi connectivity index (χ3v) is 3.65. The van der Waals surface area contributed by atoms with Crippen LogP contribution in [0.4, 0.5) is 4.39 Å². The Balaban J connectivity index is 0.00000729. The summed E-state index contributed by atoms with van der Waals surface area (Å²) in [6, 6.07) is 4.47. The molecule has 3 N–H and O–H groups in total. The van der Waals surface area contributed by atoms with Gasteiger partial charge in [0.1, 0.15) is 5.82 Å². The Morgan fingerprint density at radius 3 is 2.57 bits per heavy atom. The second kappa shape index (κ2) is 15.5. The molecule has 0 saturated carbocycles. The minimum Gasteiger partial charge on any atom is -0.381 e. The van der Waals surface area contributed by atoms with Crippen molar-refractivity contribution in [3.63, 3.8) is 0 Å². The van der Waals surface area contributed by atoms with Crippen LogP contribution in [0.3, 0.4) is 0 Å². The molecule has 1 aromatic carbocycles. The van der Waals surface area contributed by atoms with Crippen LogP contribution < -0.4 is 16.0 Å². The maximum absolute atomic E-state index is 13.5. The molecule has 1 amide bonds. The first-order valence-electron chi connectivity index (χ1n) is 9.58. The van der Waals surface area contributed by atoms with Crippen LogP contribution in [0.15, 0.2) is 23.2 Å². The van der Waals surface area contributed by atoms with Gasteiger partial charge in [0.15, 0.2) is 5.96 Å². The molecule has 160 valence electrons. The highest BCUT2D eigenvalue weighted by Gasteiger charge is 2.07. The first-order valence-corrected chi connectivity index (χ1v) is 9.58. The molecule has 0 bridgehead atoms. The maximum Gasteiger partial charge on any atom is 0.251 e. The van der Waals surface area contributed by atoms with Crippen molar-refractivity contribution >= 4 is 35.8 Å². The lowest BCUT2D eigenvalue weighted by atomic mass is 10.1. The molecule has 0 radical (unpaired) electrons. The number of hydrogen-bond donors (Lipinski definition) is 3. The summed E-state index contributed by atoms with van der Waals surface area (Å²) >= 11 is 0. The van der Waals surface area contributed by atoms with E-state index in [1.807, 2.05) is 6.92 Å². The zero-order valence-corrected chi connectivity index (χ0v) is 19.6. The molecule has 1 rings (SSSR count). The fourth-order valence-corrected chi connectivity index (χ4v) is 2.21. The van der Waals surface area contributed by atoms with E-state index in [9.17, 15) is 9.18 Å².